The summed E-state index contributed by atoms with van der Waals surface area (Å²) in [5, 5.41) is 12.5. The van der Waals surface area contributed by atoms with E-state index in [-0.39, 0.29) is 6.10 Å². The number of rotatable bonds is 7. The van der Waals surface area contributed by atoms with E-state index in [0.29, 0.717) is 19.0 Å². The highest BCUT2D eigenvalue weighted by atomic mass is 32.2. The van der Waals surface area contributed by atoms with Gasteiger partial charge in [0.2, 0.25) is 0 Å². The minimum absolute atomic E-state index is 0.206. The normalized spacial score (nSPS) is 21.1. The lowest BCUT2D eigenvalue weighted by molar-refractivity contribution is -0.0114. The van der Waals surface area contributed by atoms with Crippen molar-refractivity contribution in [2.45, 2.75) is 56.3 Å². The molecule has 136 valence electrons. The summed E-state index contributed by atoms with van der Waals surface area (Å²) in [4.78, 5) is 11.8. The lowest BCUT2D eigenvalue weighted by Crippen LogP contribution is -2.22. The van der Waals surface area contributed by atoms with Gasteiger partial charge in [0.05, 0.1) is 25.4 Å². The monoisotopic (exact) mass is 380 g/mol. The number of aliphatic hydroxyl groups is 1. The Morgan fingerprint density at radius 2 is 2.28 bits per heavy atom. The second kappa shape index (κ2) is 7.88. The Morgan fingerprint density at radius 1 is 1.36 bits per heavy atom. The van der Waals surface area contributed by atoms with Crippen molar-refractivity contribution in [3.05, 3.63) is 16.3 Å². The molecule has 2 aromatic rings. The molecule has 0 unspecified atom stereocenters. The highest BCUT2D eigenvalue weighted by Gasteiger charge is 2.22. The zero-order valence-corrected chi connectivity index (χ0v) is 16.1. The third kappa shape index (κ3) is 4.01. The number of ether oxygens (including phenoxy) is 2. The molecule has 0 radical (unpaired) electrons. The Balaban J connectivity index is 1.37. The van der Waals surface area contributed by atoms with Crippen molar-refractivity contribution >= 4 is 33.3 Å². The number of aliphatic hydroxyl groups excluding tert-OH is 1. The summed E-state index contributed by atoms with van der Waals surface area (Å²) in [6.07, 6.45) is 5.41. The van der Waals surface area contributed by atoms with Crippen LogP contribution in [0.3, 0.4) is 0 Å². The summed E-state index contributed by atoms with van der Waals surface area (Å²) < 4.78 is 11.2. The molecule has 2 atom stereocenters. The number of aryl methyl sites for hydroxylation is 3. The van der Waals surface area contributed by atoms with Gasteiger partial charge in [-0.2, -0.15) is 0 Å². The molecule has 1 aliphatic heterocycles. The van der Waals surface area contributed by atoms with Gasteiger partial charge in [0.25, 0.3) is 0 Å². The van der Waals surface area contributed by atoms with Crippen molar-refractivity contribution < 1.29 is 14.6 Å². The maximum absolute atomic E-state index is 10.2. The van der Waals surface area contributed by atoms with E-state index < -0.39 is 6.10 Å². The number of thioether (sulfide) groups is 1. The van der Waals surface area contributed by atoms with E-state index in [9.17, 15) is 5.11 Å². The van der Waals surface area contributed by atoms with Crippen LogP contribution in [-0.4, -0.2) is 52.9 Å². The maximum atomic E-state index is 10.2. The SMILES string of the molecule is Cc1nc(SC[C@H](O)COC[C@@H]2CCCO2)c2c3c(sc2n1)CCC3. The summed E-state index contributed by atoms with van der Waals surface area (Å²) in [5.74, 6) is 1.39. The molecule has 4 rings (SSSR count). The van der Waals surface area contributed by atoms with Crippen molar-refractivity contribution in [1.29, 1.82) is 0 Å². The minimum Gasteiger partial charge on any atom is -0.390 e. The molecule has 1 aliphatic carbocycles. The van der Waals surface area contributed by atoms with Crippen molar-refractivity contribution in [2.75, 3.05) is 25.6 Å². The number of hydrogen-bond donors (Lipinski definition) is 1. The van der Waals surface area contributed by atoms with Crippen molar-refractivity contribution in [3.8, 4) is 0 Å². The highest BCUT2D eigenvalue weighted by Crippen LogP contribution is 2.40. The molecule has 0 spiro atoms. The van der Waals surface area contributed by atoms with Crippen molar-refractivity contribution in [1.82, 2.24) is 9.97 Å². The zero-order valence-electron chi connectivity index (χ0n) is 14.5. The van der Waals surface area contributed by atoms with Crippen LogP contribution in [0.25, 0.3) is 10.2 Å². The predicted octanol–water partition coefficient (Wildman–Crippen LogP) is 3.14. The van der Waals surface area contributed by atoms with Crippen LogP contribution in [0.4, 0.5) is 0 Å². The molecule has 0 saturated carbocycles. The van der Waals surface area contributed by atoms with Gasteiger partial charge >= 0.3 is 0 Å². The first-order valence-corrected chi connectivity index (χ1v) is 10.8. The second-order valence-electron chi connectivity index (χ2n) is 6.75. The molecular weight excluding hydrogens is 356 g/mol. The first-order valence-electron chi connectivity index (χ1n) is 9.00. The Bertz CT molecular complexity index is 743. The van der Waals surface area contributed by atoms with E-state index in [2.05, 4.69) is 9.97 Å². The van der Waals surface area contributed by atoms with Gasteiger partial charge in [0.15, 0.2) is 0 Å². The van der Waals surface area contributed by atoms with Crippen molar-refractivity contribution in [2.24, 2.45) is 0 Å². The average Bonchev–Trinajstić information content (AvgIpc) is 3.29. The van der Waals surface area contributed by atoms with Crippen LogP contribution in [0.5, 0.6) is 0 Å². The van der Waals surface area contributed by atoms with Crippen LogP contribution in [0, 0.1) is 6.92 Å². The molecule has 1 fully saturated rings. The van der Waals surface area contributed by atoms with Crippen molar-refractivity contribution in [3.63, 3.8) is 0 Å². The summed E-state index contributed by atoms with van der Waals surface area (Å²) in [5.41, 5.74) is 1.44. The fourth-order valence-electron chi connectivity index (χ4n) is 3.50. The van der Waals surface area contributed by atoms with Gasteiger partial charge in [-0.3, -0.25) is 0 Å². The van der Waals surface area contributed by atoms with Gasteiger partial charge < -0.3 is 14.6 Å². The van der Waals surface area contributed by atoms with E-state index in [4.69, 9.17) is 9.47 Å². The van der Waals surface area contributed by atoms with Gasteiger partial charge in [-0.15, -0.1) is 23.1 Å². The smallest absolute Gasteiger partial charge is 0.128 e. The Labute approximate surface area is 156 Å². The molecule has 7 heteroatoms. The molecule has 2 aliphatic rings. The lowest BCUT2D eigenvalue weighted by Gasteiger charge is -2.14. The Hall–Kier alpha value is -0.730. The fourth-order valence-corrected chi connectivity index (χ4v) is 5.88. The van der Waals surface area contributed by atoms with Crippen LogP contribution in [0.1, 0.15) is 35.5 Å². The summed E-state index contributed by atoms with van der Waals surface area (Å²) >= 11 is 3.43. The first kappa shape index (κ1) is 17.7. The fraction of sp³-hybridized carbons (Fsp3) is 0.667. The Kier molecular flexibility index (Phi) is 5.57. The van der Waals surface area contributed by atoms with Crippen LogP contribution >= 0.6 is 23.1 Å². The van der Waals surface area contributed by atoms with E-state index in [1.54, 1.807) is 11.8 Å². The van der Waals surface area contributed by atoms with E-state index >= 15 is 0 Å². The van der Waals surface area contributed by atoms with Gasteiger partial charge in [0.1, 0.15) is 15.7 Å². The molecule has 2 aromatic heterocycles. The van der Waals surface area contributed by atoms with Crippen LogP contribution in [0.2, 0.25) is 0 Å². The molecule has 25 heavy (non-hydrogen) atoms. The number of aromatic nitrogens is 2. The third-order valence-electron chi connectivity index (χ3n) is 4.69. The molecule has 1 N–H and O–H groups in total. The minimum atomic E-state index is -0.497. The molecule has 0 bridgehead atoms. The van der Waals surface area contributed by atoms with Gasteiger partial charge in [-0.1, -0.05) is 0 Å². The average molecular weight is 381 g/mol. The first-order chi connectivity index (χ1) is 12.2. The number of fused-ring (bicyclic) bond motifs is 3. The lowest BCUT2D eigenvalue weighted by atomic mass is 10.2. The maximum Gasteiger partial charge on any atom is 0.128 e. The Morgan fingerprint density at radius 3 is 3.12 bits per heavy atom. The van der Waals surface area contributed by atoms with Gasteiger partial charge in [-0.25, -0.2) is 9.97 Å². The topological polar surface area (TPSA) is 64.5 Å². The summed E-state index contributed by atoms with van der Waals surface area (Å²) in [6, 6.07) is 0. The number of thiophene rings is 1. The second-order valence-corrected chi connectivity index (χ2v) is 8.84. The van der Waals surface area contributed by atoms with E-state index in [1.165, 1.54) is 28.7 Å². The predicted molar refractivity (Wildman–Crippen MR) is 101 cm³/mol. The van der Waals surface area contributed by atoms with Crippen LogP contribution in [0.15, 0.2) is 5.03 Å². The molecule has 5 nitrogen and oxygen atoms in total. The van der Waals surface area contributed by atoms with E-state index in [0.717, 1.165) is 41.6 Å². The molecule has 0 aromatic carbocycles. The highest BCUT2D eigenvalue weighted by molar-refractivity contribution is 7.99. The standard InChI is InChI=1S/C18H24N2O3S2/c1-11-19-17(16-14-5-2-6-15(14)25-18(16)20-11)24-10-12(21)8-22-9-13-4-3-7-23-13/h12-13,21H,2-10H2,1H3/t12-,13+/m1/s1. The van der Waals surface area contributed by atoms with Crippen LogP contribution in [-0.2, 0) is 22.3 Å². The molecule has 1 saturated heterocycles. The zero-order chi connectivity index (χ0) is 17.2. The van der Waals surface area contributed by atoms with Gasteiger partial charge in [0, 0.05) is 22.6 Å². The third-order valence-corrected chi connectivity index (χ3v) is 7.00. The number of hydrogen-bond acceptors (Lipinski definition) is 7. The largest absolute Gasteiger partial charge is 0.390 e. The quantitative estimate of drug-likeness (QED) is 0.588. The number of nitrogens with zero attached hydrogens (tertiary/aromatic N) is 2. The van der Waals surface area contributed by atoms with Gasteiger partial charge in [-0.05, 0) is 44.6 Å². The summed E-state index contributed by atoms with van der Waals surface area (Å²) in [7, 11) is 0. The molecular formula is C18H24N2O3S2. The molecule has 0 amide bonds. The van der Waals surface area contributed by atoms with E-state index in [1.807, 2.05) is 18.3 Å². The molecule has 3 heterocycles. The van der Waals surface area contributed by atoms with Crippen LogP contribution < -0.4 is 0 Å². The summed E-state index contributed by atoms with van der Waals surface area (Å²) in [6.45, 7) is 3.70.